The maximum atomic E-state index is 12.9. The summed E-state index contributed by atoms with van der Waals surface area (Å²) in [5.41, 5.74) is 3.06. The Morgan fingerprint density at radius 3 is 2.71 bits per heavy atom. The first-order valence-corrected chi connectivity index (χ1v) is 11.0. The van der Waals surface area contributed by atoms with Crippen LogP contribution in [0, 0.1) is 6.92 Å². The molecule has 1 aliphatic carbocycles. The van der Waals surface area contributed by atoms with Crippen molar-refractivity contribution in [2.24, 2.45) is 0 Å². The number of hydrogen-bond donors (Lipinski definition) is 1. The van der Waals surface area contributed by atoms with E-state index in [4.69, 9.17) is 4.74 Å². The fourth-order valence-electron chi connectivity index (χ4n) is 3.32. The quantitative estimate of drug-likeness (QED) is 0.572. The number of benzene rings is 1. The molecule has 2 heterocycles. The predicted octanol–water partition coefficient (Wildman–Crippen LogP) is 3.90. The third-order valence-electron chi connectivity index (χ3n) is 4.76. The van der Waals surface area contributed by atoms with Gasteiger partial charge in [-0.2, -0.15) is 0 Å². The van der Waals surface area contributed by atoms with Crippen molar-refractivity contribution in [2.75, 3.05) is 12.9 Å². The van der Waals surface area contributed by atoms with E-state index in [2.05, 4.69) is 10.3 Å². The summed E-state index contributed by atoms with van der Waals surface area (Å²) in [4.78, 5) is 32.0. The summed E-state index contributed by atoms with van der Waals surface area (Å²) >= 11 is 3.12. The van der Waals surface area contributed by atoms with Crippen molar-refractivity contribution in [1.82, 2.24) is 15.2 Å². The lowest BCUT2D eigenvalue weighted by molar-refractivity contribution is -0.136. The van der Waals surface area contributed by atoms with Crippen LogP contribution in [0.5, 0.6) is 0 Å². The van der Waals surface area contributed by atoms with Gasteiger partial charge in [0.25, 0.3) is 0 Å². The summed E-state index contributed by atoms with van der Waals surface area (Å²) in [6.07, 6.45) is 1.89. The van der Waals surface area contributed by atoms with E-state index in [-0.39, 0.29) is 12.1 Å². The van der Waals surface area contributed by atoms with Crippen LogP contribution in [-0.4, -0.2) is 40.8 Å². The van der Waals surface area contributed by atoms with E-state index in [1.54, 1.807) is 28.0 Å². The molecule has 2 amide bonds. The van der Waals surface area contributed by atoms with Gasteiger partial charge >= 0.3 is 12.0 Å². The molecule has 0 saturated heterocycles. The summed E-state index contributed by atoms with van der Waals surface area (Å²) in [6, 6.07) is 9.00. The molecule has 1 aliphatic heterocycles. The monoisotopic (exact) mass is 415 g/mol. The molecule has 0 radical (unpaired) electrons. The summed E-state index contributed by atoms with van der Waals surface area (Å²) in [7, 11) is 1.38. The average Bonchev–Trinajstić information content (AvgIpc) is 3.46. The Morgan fingerprint density at radius 1 is 1.36 bits per heavy atom. The van der Waals surface area contributed by atoms with Gasteiger partial charge in [0.2, 0.25) is 0 Å². The molecule has 4 rings (SSSR count). The van der Waals surface area contributed by atoms with Crippen LogP contribution in [0.25, 0.3) is 0 Å². The van der Waals surface area contributed by atoms with Gasteiger partial charge in [-0.3, -0.25) is 4.90 Å². The first-order chi connectivity index (χ1) is 13.6. The Hall–Kier alpha value is -2.32. The number of nitrogens with zero attached hydrogens (tertiary/aromatic N) is 2. The second-order valence-corrected chi connectivity index (χ2v) is 8.87. The molecule has 1 N–H and O–H groups in total. The normalized spacial score (nSPS) is 19.6. The number of carbonyl (C=O) groups is 2. The third kappa shape index (κ3) is 3.79. The number of thioether (sulfide) groups is 1. The van der Waals surface area contributed by atoms with Gasteiger partial charge in [-0.05, 0) is 25.3 Å². The number of esters is 1. The molecule has 1 fully saturated rings. The predicted molar refractivity (Wildman–Crippen MR) is 109 cm³/mol. The van der Waals surface area contributed by atoms with Crippen LogP contribution >= 0.6 is 23.1 Å². The van der Waals surface area contributed by atoms with Crippen LogP contribution in [0.1, 0.15) is 30.1 Å². The van der Waals surface area contributed by atoms with Crippen molar-refractivity contribution >= 4 is 35.1 Å². The summed E-state index contributed by atoms with van der Waals surface area (Å²) in [5, 5.41) is 5.00. The summed E-state index contributed by atoms with van der Waals surface area (Å²) in [5.74, 6) is 0.0791. The Labute approximate surface area is 172 Å². The number of thiazole rings is 1. The van der Waals surface area contributed by atoms with Crippen molar-refractivity contribution in [3.05, 3.63) is 58.2 Å². The number of methoxy groups -OCH3 is 1. The largest absolute Gasteiger partial charge is 0.466 e. The van der Waals surface area contributed by atoms with Gasteiger partial charge in [0.15, 0.2) is 0 Å². The minimum Gasteiger partial charge on any atom is -0.466 e. The zero-order chi connectivity index (χ0) is 19.7. The highest BCUT2D eigenvalue weighted by atomic mass is 32.2. The molecule has 2 aliphatic rings. The van der Waals surface area contributed by atoms with Crippen molar-refractivity contribution in [3.8, 4) is 0 Å². The minimum atomic E-state index is -0.523. The molecular formula is C20H21N3O3S2. The van der Waals surface area contributed by atoms with E-state index >= 15 is 0 Å². The molecule has 1 saturated carbocycles. The standard InChI is InChI=1S/C20H21N3O3S2/c1-12-10-27-20(21-12)28-11-15-16(18(24)26-2)17(13-6-4-3-5-7-13)22-19(25)23(15)14-8-9-14/h3-7,10,14,17H,8-9,11H2,1-2H3,(H,22,25)/t17-/m0/s1. The lowest BCUT2D eigenvalue weighted by atomic mass is 9.95. The second-order valence-electron chi connectivity index (χ2n) is 6.79. The molecule has 8 heteroatoms. The van der Waals surface area contributed by atoms with Gasteiger partial charge < -0.3 is 10.1 Å². The maximum absolute atomic E-state index is 12.9. The molecule has 28 heavy (non-hydrogen) atoms. The number of nitrogens with one attached hydrogen (secondary N) is 1. The third-order valence-corrected chi connectivity index (χ3v) is 6.91. The number of ether oxygens (including phenoxy) is 1. The number of rotatable bonds is 6. The van der Waals surface area contributed by atoms with Crippen LogP contribution in [-0.2, 0) is 9.53 Å². The molecule has 1 atom stereocenters. The maximum Gasteiger partial charge on any atom is 0.338 e. The van der Waals surface area contributed by atoms with E-state index in [1.807, 2.05) is 42.6 Å². The SMILES string of the molecule is COC(=O)C1=C(CSc2nc(C)cs2)N(C2CC2)C(=O)N[C@H]1c1ccccc1. The molecule has 0 spiro atoms. The fourth-order valence-corrected chi connectivity index (χ4v) is 5.20. The van der Waals surface area contributed by atoms with Gasteiger partial charge in [-0.15, -0.1) is 11.3 Å². The smallest absolute Gasteiger partial charge is 0.338 e. The zero-order valence-electron chi connectivity index (χ0n) is 15.7. The van der Waals surface area contributed by atoms with Crippen molar-refractivity contribution in [2.45, 2.75) is 36.2 Å². The van der Waals surface area contributed by atoms with Crippen molar-refractivity contribution in [1.29, 1.82) is 0 Å². The van der Waals surface area contributed by atoms with Gasteiger partial charge in [-0.25, -0.2) is 14.6 Å². The Kier molecular flexibility index (Phi) is 5.41. The molecule has 2 aromatic rings. The Bertz CT molecular complexity index is 922. The molecule has 1 aromatic carbocycles. The van der Waals surface area contributed by atoms with Gasteiger partial charge in [-0.1, -0.05) is 42.1 Å². The number of hydrogen-bond acceptors (Lipinski definition) is 6. The molecule has 0 bridgehead atoms. The first kappa shape index (κ1) is 19.0. The Balaban J connectivity index is 1.76. The summed E-state index contributed by atoms with van der Waals surface area (Å²) < 4.78 is 6.04. The van der Waals surface area contributed by atoms with Crippen molar-refractivity contribution < 1.29 is 14.3 Å². The van der Waals surface area contributed by atoms with E-state index in [9.17, 15) is 9.59 Å². The van der Waals surface area contributed by atoms with Crippen LogP contribution < -0.4 is 5.32 Å². The zero-order valence-corrected chi connectivity index (χ0v) is 17.3. The number of aryl methyl sites for hydroxylation is 1. The van der Waals surface area contributed by atoms with Crippen LogP contribution in [0.15, 0.2) is 51.3 Å². The Morgan fingerprint density at radius 2 is 2.11 bits per heavy atom. The van der Waals surface area contributed by atoms with Crippen molar-refractivity contribution in [3.63, 3.8) is 0 Å². The highest BCUT2D eigenvalue weighted by molar-refractivity contribution is 8.01. The number of urea groups is 1. The van der Waals surface area contributed by atoms with Crippen LogP contribution in [0.3, 0.4) is 0 Å². The molecule has 146 valence electrons. The van der Waals surface area contributed by atoms with E-state index in [1.165, 1.54) is 7.11 Å². The minimum absolute atomic E-state index is 0.144. The van der Waals surface area contributed by atoms with Gasteiger partial charge in [0, 0.05) is 28.6 Å². The highest BCUT2D eigenvalue weighted by Crippen LogP contribution is 2.40. The van der Waals surface area contributed by atoms with Crippen LogP contribution in [0.2, 0.25) is 0 Å². The van der Waals surface area contributed by atoms with Crippen LogP contribution in [0.4, 0.5) is 4.79 Å². The van der Waals surface area contributed by atoms with E-state index in [0.29, 0.717) is 11.3 Å². The number of aromatic nitrogens is 1. The van der Waals surface area contributed by atoms with E-state index < -0.39 is 12.0 Å². The summed E-state index contributed by atoms with van der Waals surface area (Å²) in [6.45, 7) is 1.95. The lowest BCUT2D eigenvalue weighted by Gasteiger charge is -2.36. The molecular weight excluding hydrogens is 394 g/mol. The van der Waals surface area contributed by atoms with E-state index in [0.717, 1.165) is 34.1 Å². The molecule has 0 unspecified atom stereocenters. The average molecular weight is 416 g/mol. The fraction of sp³-hybridized carbons (Fsp3) is 0.350. The highest BCUT2D eigenvalue weighted by Gasteiger charge is 2.43. The number of carbonyl (C=O) groups excluding carboxylic acids is 2. The van der Waals surface area contributed by atoms with Gasteiger partial charge in [0.05, 0.1) is 18.7 Å². The lowest BCUT2D eigenvalue weighted by Crippen LogP contribution is -2.50. The molecule has 6 nitrogen and oxygen atoms in total. The second kappa shape index (κ2) is 7.97. The van der Waals surface area contributed by atoms with Gasteiger partial charge in [0.1, 0.15) is 4.34 Å². The number of amides is 2. The molecule has 1 aromatic heterocycles. The topological polar surface area (TPSA) is 71.5 Å². The first-order valence-electron chi connectivity index (χ1n) is 9.09.